The van der Waals surface area contributed by atoms with Crippen molar-refractivity contribution in [3.8, 4) is 0 Å². The standard InChI is InChI=1S/C16H28N4O/c1-5-15(20-8-6-17-7-9-20)16-18-13(11-21-4)10-14(19-16)12(2)3/h10,12,15,17H,5-9,11H2,1-4H3. The summed E-state index contributed by atoms with van der Waals surface area (Å²) < 4.78 is 5.26. The highest BCUT2D eigenvalue weighted by Crippen LogP contribution is 2.24. The predicted octanol–water partition coefficient (Wildman–Crippen LogP) is 2.10. The number of ether oxygens (including phenoxy) is 1. The Bertz CT molecular complexity index is 444. The third-order valence-electron chi connectivity index (χ3n) is 3.98. The molecule has 5 nitrogen and oxygen atoms in total. The molecule has 2 heterocycles. The molecule has 0 radical (unpaired) electrons. The number of rotatable bonds is 6. The average Bonchev–Trinajstić information content (AvgIpc) is 2.49. The molecule has 1 N–H and O–H groups in total. The van der Waals surface area contributed by atoms with E-state index in [0.29, 0.717) is 18.6 Å². The highest BCUT2D eigenvalue weighted by atomic mass is 16.5. The largest absolute Gasteiger partial charge is 0.378 e. The monoisotopic (exact) mass is 292 g/mol. The summed E-state index contributed by atoms with van der Waals surface area (Å²) in [5, 5.41) is 3.40. The second-order valence-corrected chi connectivity index (χ2v) is 5.94. The van der Waals surface area contributed by atoms with Gasteiger partial charge >= 0.3 is 0 Å². The van der Waals surface area contributed by atoms with Gasteiger partial charge in [0.15, 0.2) is 0 Å². The topological polar surface area (TPSA) is 50.3 Å². The zero-order chi connectivity index (χ0) is 15.2. The zero-order valence-electron chi connectivity index (χ0n) is 13.7. The van der Waals surface area contributed by atoms with Crippen LogP contribution in [0.5, 0.6) is 0 Å². The number of hydrogen-bond donors (Lipinski definition) is 1. The maximum absolute atomic E-state index is 5.26. The molecule has 0 aromatic carbocycles. The van der Waals surface area contributed by atoms with E-state index in [-0.39, 0.29) is 0 Å². The fourth-order valence-corrected chi connectivity index (χ4v) is 2.80. The number of nitrogens with one attached hydrogen (secondary N) is 1. The van der Waals surface area contributed by atoms with Crippen LogP contribution in [0, 0.1) is 0 Å². The van der Waals surface area contributed by atoms with E-state index in [4.69, 9.17) is 14.7 Å². The highest BCUT2D eigenvalue weighted by Gasteiger charge is 2.24. The first-order chi connectivity index (χ1) is 10.2. The number of aromatic nitrogens is 2. The summed E-state index contributed by atoms with van der Waals surface area (Å²) in [7, 11) is 1.71. The molecule has 1 fully saturated rings. The van der Waals surface area contributed by atoms with E-state index < -0.39 is 0 Å². The summed E-state index contributed by atoms with van der Waals surface area (Å²) in [4.78, 5) is 12.1. The van der Waals surface area contributed by atoms with Crippen molar-refractivity contribution in [3.05, 3.63) is 23.3 Å². The quantitative estimate of drug-likeness (QED) is 0.870. The summed E-state index contributed by atoms with van der Waals surface area (Å²) >= 11 is 0. The lowest BCUT2D eigenvalue weighted by atomic mass is 10.1. The highest BCUT2D eigenvalue weighted by molar-refractivity contribution is 5.15. The van der Waals surface area contributed by atoms with Crippen molar-refractivity contribution in [2.24, 2.45) is 0 Å². The second-order valence-electron chi connectivity index (χ2n) is 5.94. The van der Waals surface area contributed by atoms with E-state index in [0.717, 1.165) is 49.8 Å². The molecule has 118 valence electrons. The normalized spacial score (nSPS) is 18.1. The van der Waals surface area contributed by atoms with Gasteiger partial charge in [-0.25, -0.2) is 9.97 Å². The SMILES string of the molecule is CCC(c1nc(COC)cc(C(C)C)n1)N1CCNCC1. The summed E-state index contributed by atoms with van der Waals surface area (Å²) in [6.45, 7) is 11.3. The third-order valence-corrected chi connectivity index (χ3v) is 3.98. The molecule has 0 spiro atoms. The Balaban J connectivity index is 2.29. The second kappa shape index (κ2) is 7.82. The van der Waals surface area contributed by atoms with Crippen LogP contribution in [0.1, 0.15) is 56.4 Å². The first-order valence-electron chi connectivity index (χ1n) is 7.97. The molecule has 1 unspecified atom stereocenters. The van der Waals surface area contributed by atoms with Crippen molar-refractivity contribution in [1.82, 2.24) is 20.2 Å². The first kappa shape index (κ1) is 16.3. The van der Waals surface area contributed by atoms with E-state index in [1.807, 2.05) is 0 Å². The Morgan fingerprint density at radius 1 is 1.29 bits per heavy atom. The van der Waals surface area contributed by atoms with Gasteiger partial charge in [-0.15, -0.1) is 0 Å². The van der Waals surface area contributed by atoms with E-state index in [1.165, 1.54) is 0 Å². The van der Waals surface area contributed by atoms with Gasteiger partial charge < -0.3 is 10.1 Å². The molecule has 21 heavy (non-hydrogen) atoms. The molecule has 0 bridgehead atoms. The summed E-state index contributed by atoms with van der Waals surface area (Å²) in [5.74, 6) is 1.36. The van der Waals surface area contributed by atoms with E-state index in [2.05, 4.69) is 37.1 Å². The predicted molar refractivity (Wildman–Crippen MR) is 84.3 cm³/mol. The first-order valence-corrected chi connectivity index (χ1v) is 7.97. The van der Waals surface area contributed by atoms with E-state index in [1.54, 1.807) is 7.11 Å². The van der Waals surface area contributed by atoms with Gasteiger partial charge in [-0.3, -0.25) is 4.90 Å². The van der Waals surface area contributed by atoms with Crippen LogP contribution >= 0.6 is 0 Å². The smallest absolute Gasteiger partial charge is 0.146 e. The molecule has 1 aromatic heterocycles. The average molecular weight is 292 g/mol. The molecule has 2 rings (SSSR count). The van der Waals surface area contributed by atoms with Crippen molar-refractivity contribution < 1.29 is 4.74 Å². The lowest BCUT2D eigenvalue weighted by molar-refractivity contribution is 0.159. The number of hydrogen-bond acceptors (Lipinski definition) is 5. The molecule has 1 atom stereocenters. The molecule has 0 saturated carbocycles. The Labute approximate surface area is 128 Å². The maximum atomic E-state index is 5.26. The number of nitrogens with zero attached hydrogens (tertiary/aromatic N) is 3. The minimum atomic E-state index is 0.307. The van der Waals surface area contributed by atoms with E-state index in [9.17, 15) is 0 Å². The Kier molecular flexibility index (Phi) is 6.08. The van der Waals surface area contributed by atoms with Crippen LogP contribution in [0.3, 0.4) is 0 Å². The molecule has 1 aliphatic rings. The molecule has 0 aliphatic carbocycles. The Morgan fingerprint density at radius 2 is 2.00 bits per heavy atom. The lowest BCUT2D eigenvalue weighted by Gasteiger charge is -2.33. The number of piperazine rings is 1. The van der Waals surface area contributed by atoms with Crippen LogP contribution in [-0.4, -0.2) is 48.2 Å². The zero-order valence-corrected chi connectivity index (χ0v) is 13.7. The molecular weight excluding hydrogens is 264 g/mol. The van der Waals surface area contributed by atoms with E-state index >= 15 is 0 Å². The number of methoxy groups -OCH3 is 1. The third kappa shape index (κ3) is 4.22. The van der Waals surface area contributed by atoms with Crippen molar-refractivity contribution in [2.45, 2.75) is 45.8 Å². The van der Waals surface area contributed by atoms with Gasteiger partial charge in [0.25, 0.3) is 0 Å². The van der Waals surface area contributed by atoms with Crippen molar-refractivity contribution in [3.63, 3.8) is 0 Å². The molecule has 5 heteroatoms. The van der Waals surface area contributed by atoms with Crippen LogP contribution in [0.2, 0.25) is 0 Å². The van der Waals surface area contributed by atoms with Gasteiger partial charge in [-0.2, -0.15) is 0 Å². The lowest BCUT2D eigenvalue weighted by Crippen LogP contribution is -2.45. The van der Waals surface area contributed by atoms with Crippen LogP contribution < -0.4 is 5.32 Å². The summed E-state index contributed by atoms with van der Waals surface area (Å²) in [6.07, 6.45) is 1.04. The van der Waals surface area contributed by atoms with Crippen LogP contribution in [-0.2, 0) is 11.3 Å². The minimum Gasteiger partial charge on any atom is -0.378 e. The molecule has 1 aliphatic heterocycles. The van der Waals surface area contributed by atoms with Gasteiger partial charge in [0, 0.05) is 39.0 Å². The summed E-state index contributed by atoms with van der Waals surface area (Å²) in [6, 6.07) is 2.38. The minimum absolute atomic E-state index is 0.307. The van der Waals surface area contributed by atoms with Crippen LogP contribution in [0.25, 0.3) is 0 Å². The molecule has 1 aromatic rings. The fourth-order valence-electron chi connectivity index (χ4n) is 2.80. The van der Waals surface area contributed by atoms with Gasteiger partial charge in [0.2, 0.25) is 0 Å². The molecular formula is C16H28N4O. The molecule has 1 saturated heterocycles. The Hall–Kier alpha value is -1.04. The van der Waals surface area contributed by atoms with Crippen LogP contribution in [0.15, 0.2) is 6.07 Å². The van der Waals surface area contributed by atoms with Crippen molar-refractivity contribution in [1.29, 1.82) is 0 Å². The van der Waals surface area contributed by atoms with Crippen molar-refractivity contribution >= 4 is 0 Å². The van der Waals surface area contributed by atoms with Gasteiger partial charge in [0.1, 0.15) is 5.82 Å². The maximum Gasteiger partial charge on any atom is 0.146 e. The van der Waals surface area contributed by atoms with Gasteiger partial charge in [-0.05, 0) is 18.4 Å². The summed E-state index contributed by atoms with van der Waals surface area (Å²) in [5.41, 5.74) is 2.10. The fraction of sp³-hybridized carbons (Fsp3) is 0.750. The molecule has 0 amide bonds. The van der Waals surface area contributed by atoms with Crippen LogP contribution in [0.4, 0.5) is 0 Å². The van der Waals surface area contributed by atoms with Gasteiger partial charge in [-0.1, -0.05) is 20.8 Å². The Morgan fingerprint density at radius 3 is 2.57 bits per heavy atom. The van der Waals surface area contributed by atoms with Crippen molar-refractivity contribution in [2.75, 3.05) is 33.3 Å². The van der Waals surface area contributed by atoms with Gasteiger partial charge in [0.05, 0.1) is 18.3 Å².